The summed E-state index contributed by atoms with van der Waals surface area (Å²) in [6.45, 7) is 3.85. The van der Waals surface area contributed by atoms with Gasteiger partial charge in [0.05, 0.1) is 11.0 Å². The van der Waals surface area contributed by atoms with Gasteiger partial charge < -0.3 is 14.5 Å². The predicted molar refractivity (Wildman–Crippen MR) is 100 cm³/mol. The molecule has 0 aliphatic carbocycles. The summed E-state index contributed by atoms with van der Waals surface area (Å²) in [7, 11) is 0. The number of aryl methyl sites for hydroxylation is 1. The Morgan fingerprint density at radius 2 is 2.15 bits per heavy atom. The molecule has 1 atom stereocenters. The van der Waals surface area contributed by atoms with Crippen molar-refractivity contribution in [3.8, 4) is 0 Å². The van der Waals surface area contributed by atoms with Crippen LogP contribution in [-0.2, 0) is 6.54 Å². The number of benzene rings is 1. The number of hydrogen-bond acceptors (Lipinski definition) is 3. The minimum atomic E-state index is -0.135. The summed E-state index contributed by atoms with van der Waals surface area (Å²) in [5.74, 6) is 1.05. The van der Waals surface area contributed by atoms with Crippen molar-refractivity contribution in [2.24, 2.45) is 0 Å². The van der Waals surface area contributed by atoms with Crippen molar-refractivity contribution in [3.05, 3.63) is 64.3 Å². The average molecular weight is 350 g/mol. The number of imidazole rings is 1. The van der Waals surface area contributed by atoms with Gasteiger partial charge in [0.2, 0.25) is 0 Å². The quantitative estimate of drug-likeness (QED) is 0.789. The Hall–Kier alpha value is -2.89. The van der Waals surface area contributed by atoms with Crippen LogP contribution in [0.1, 0.15) is 41.9 Å². The third kappa shape index (κ3) is 3.03. The van der Waals surface area contributed by atoms with Crippen LogP contribution in [0.2, 0.25) is 0 Å². The van der Waals surface area contributed by atoms with Crippen LogP contribution in [0.15, 0.2) is 47.4 Å². The second-order valence-electron chi connectivity index (χ2n) is 6.77. The molecule has 1 aromatic carbocycles. The number of likely N-dealkylation sites (tertiary alicyclic amines) is 1. The molecule has 0 radical (unpaired) electrons. The van der Waals surface area contributed by atoms with Crippen molar-refractivity contribution >= 4 is 16.9 Å². The van der Waals surface area contributed by atoms with Gasteiger partial charge >= 0.3 is 0 Å². The summed E-state index contributed by atoms with van der Waals surface area (Å²) in [6, 6.07) is 11.1. The van der Waals surface area contributed by atoms with Crippen molar-refractivity contribution in [1.82, 2.24) is 19.4 Å². The fourth-order valence-electron chi connectivity index (χ4n) is 3.64. The predicted octanol–water partition coefficient (Wildman–Crippen LogP) is 2.76. The fourth-order valence-corrected chi connectivity index (χ4v) is 3.64. The van der Waals surface area contributed by atoms with Crippen LogP contribution in [0.3, 0.4) is 0 Å². The van der Waals surface area contributed by atoms with Gasteiger partial charge in [0, 0.05) is 43.4 Å². The number of hydrogen-bond donors (Lipinski definition) is 1. The van der Waals surface area contributed by atoms with Crippen LogP contribution in [0.25, 0.3) is 11.0 Å². The lowest BCUT2D eigenvalue weighted by Crippen LogP contribution is -2.39. The van der Waals surface area contributed by atoms with E-state index >= 15 is 0 Å². The van der Waals surface area contributed by atoms with E-state index < -0.39 is 0 Å². The summed E-state index contributed by atoms with van der Waals surface area (Å²) >= 11 is 0. The van der Waals surface area contributed by atoms with E-state index in [0.717, 1.165) is 29.7 Å². The minimum absolute atomic E-state index is 0.0776. The number of aromatic nitrogens is 3. The molecule has 6 heteroatoms. The van der Waals surface area contributed by atoms with E-state index in [9.17, 15) is 9.59 Å². The third-order valence-corrected chi connectivity index (χ3v) is 5.09. The van der Waals surface area contributed by atoms with E-state index in [-0.39, 0.29) is 17.4 Å². The van der Waals surface area contributed by atoms with Gasteiger partial charge in [-0.15, -0.1) is 0 Å². The van der Waals surface area contributed by atoms with Crippen LogP contribution < -0.4 is 5.56 Å². The van der Waals surface area contributed by atoms with E-state index in [1.807, 2.05) is 36.1 Å². The topological polar surface area (TPSA) is 71.0 Å². The number of aromatic amines is 1. The second kappa shape index (κ2) is 6.78. The maximum Gasteiger partial charge on any atom is 0.254 e. The monoisotopic (exact) mass is 350 g/mol. The fraction of sp³-hybridized carbons (Fsp3) is 0.350. The van der Waals surface area contributed by atoms with Gasteiger partial charge in [-0.25, -0.2) is 4.98 Å². The first-order valence-electron chi connectivity index (χ1n) is 9.10. The molecule has 0 bridgehead atoms. The molecule has 3 heterocycles. The lowest BCUT2D eigenvalue weighted by Gasteiger charge is -2.32. The van der Waals surface area contributed by atoms with Gasteiger partial charge in [-0.2, -0.15) is 0 Å². The number of fused-ring (bicyclic) bond motifs is 1. The third-order valence-electron chi connectivity index (χ3n) is 5.09. The maximum absolute atomic E-state index is 12.8. The lowest BCUT2D eigenvalue weighted by atomic mass is 9.97. The smallest absolute Gasteiger partial charge is 0.254 e. The molecule has 1 aliphatic rings. The standard InChI is InChI=1S/C20H22N4O2/c1-2-23-11-9-14(12-18(23)25)20(26)24-10-5-6-15(13-24)19-21-16-7-3-4-8-17(16)22-19/h3-4,7-9,11-12,15H,2,5-6,10,13H2,1H3,(H,21,22)/t15-/m1/s1. The average Bonchev–Trinajstić information content (AvgIpc) is 3.12. The highest BCUT2D eigenvalue weighted by atomic mass is 16.2. The summed E-state index contributed by atoms with van der Waals surface area (Å²) in [5, 5.41) is 0. The second-order valence-corrected chi connectivity index (χ2v) is 6.77. The number of pyridine rings is 1. The van der Waals surface area contributed by atoms with Crippen LogP contribution in [0.5, 0.6) is 0 Å². The molecule has 1 amide bonds. The number of para-hydroxylation sites is 2. The largest absolute Gasteiger partial charge is 0.342 e. The van der Waals surface area contributed by atoms with Crippen LogP contribution in [-0.4, -0.2) is 38.4 Å². The molecular weight excluding hydrogens is 328 g/mol. The SMILES string of the molecule is CCn1ccc(C(=O)N2CCC[C@@H](c3nc4ccccc4[nH]3)C2)cc1=O. The molecule has 2 aromatic heterocycles. The van der Waals surface area contributed by atoms with Crippen molar-refractivity contribution in [1.29, 1.82) is 0 Å². The number of nitrogens with zero attached hydrogens (tertiary/aromatic N) is 3. The summed E-state index contributed by atoms with van der Waals surface area (Å²) in [6.07, 6.45) is 3.62. The van der Waals surface area contributed by atoms with Crippen molar-refractivity contribution in [3.63, 3.8) is 0 Å². The number of piperidine rings is 1. The van der Waals surface area contributed by atoms with E-state index in [4.69, 9.17) is 4.98 Å². The van der Waals surface area contributed by atoms with Crippen molar-refractivity contribution in [2.45, 2.75) is 32.2 Å². The zero-order valence-electron chi connectivity index (χ0n) is 14.8. The normalized spacial score (nSPS) is 17.6. The van der Waals surface area contributed by atoms with Crippen molar-refractivity contribution < 1.29 is 4.79 Å². The highest BCUT2D eigenvalue weighted by Gasteiger charge is 2.27. The van der Waals surface area contributed by atoms with E-state index in [1.165, 1.54) is 6.07 Å². The first kappa shape index (κ1) is 16.6. The Kier molecular flexibility index (Phi) is 4.32. The Morgan fingerprint density at radius 1 is 1.31 bits per heavy atom. The molecule has 1 fully saturated rings. The number of carbonyl (C=O) groups excluding carboxylic acids is 1. The van der Waals surface area contributed by atoms with E-state index in [0.29, 0.717) is 25.2 Å². The molecule has 134 valence electrons. The molecule has 0 unspecified atom stereocenters. The van der Waals surface area contributed by atoms with Crippen LogP contribution in [0.4, 0.5) is 0 Å². The highest BCUT2D eigenvalue weighted by molar-refractivity contribution is 5.94. The van der Waals surface area contributed by atoms with Gasteiger partial charge in [0.15, 0.2) is 0 Å². The molecule has 1 aliphatic heterocycles. The first-order valence-corrected chi connectivity index (χ1v) is 9.10. The lowest BCUT2D eigenvalue weighted by molar-refractivity contribution is 0.0704. The number of amides is 1. The molecule has 0 spiro atoms. The van der Waals surface area contributed by atoms with Gasteiger partial charge in [-0.3, -0.25) is 9.59 Å². The number of rotatable bonds is 3. The van der Waals surface area contributed by atoms with E-state index in [2.05, 4.69) is 4.98 Å². The molecular formula is C20H22N4O2. The van der Waals surface area contributed by atoms with Gasteiger partial charge in [-0.1, -0.05) is 12.1 Å². The van der Waals surface area contributed by atoms with Crippen LogP contribution in [0, 0.1) is 0 Å². The number of carbonyl (C=O) groups is 1. The molecule has 3 aromatic rings. The molecule has 1 saturated heterocycles. The zero-order valence-corrected chi connectivity index (χ0v) is 14.8. The number of H-pyrrole nitrogens is 1. The molecule has 6 nitrogen and oxygen atoms in total. The Balaban J connectivity index is 1.55. The van der Waals surface area contributed by atoms with Gasteiger partial charge in [0.1, 0.15) is 5.82 Å². The Labute approximate surface area is 151 Å². The van der Waals surface area contributed by atoms with E-state index in [1.54, 1.807) is 16.8 Å². The maximum atomic E-state index is 12.8. The Morgan fingerprint density at radius 3 is 2.92 bits per heavy atom. The molecule has 4 rings (SSSR count). The van der Waals surface area contributed by atoms with Gasteiger partial charge in [-0.05, 0) is 38.0 Å². The minimum Gasteiger partial charge on any atom is -0.342 e. The highest BCUT2D eigenvalue weighted by Crippen LogP contribution is 2.27. The van der Waals surface area contributed by atoms with Crippen LogP contribution >= 0.6 is 0 Å². The van der Waals surface area contributed by atoms with Crippen molar-refractivity contribution in [2.75, 3.05) is 13.1 Å². The molecule has 26 heavy (non-hydrogen) atoms. The van der Waals surface area contributed by atoms with Gasteiger partial charge in [0.25, 0.3) is 11.5 Å². The first-order chi connectivity index (χ1) is 12.7. The molecule has 0 saturated carbocycles. The summed E-state index contributed by atoms with van der Waals surface area (Å²) < 4.78 is 1.59. The summed E-state index contributed by atoms with van der Waals surface area (Å²) in [4.78, 5) is 34.8. The zero-order chi connectivity index (χ0) is 18.1. The number of nitrogens with one attached hydrogen (secondary N) is 1. The molecule has 1 N–H and O–H groups in total. The Bertz CT molecular complexity index is 971. The summed E-state index contributed by atoms with van der Waals surface area (Å²) in [5.41, 5.74) is 2.30.